The van der Waals surface area contributed by atoms with Gasteiger partial charge in [-0.2, -0.15) is 0 Å². The summed E-state index contributed by atoms with van der Waals surface area (Å²) in [5.41, 5.74) is 0.865. The minimum Gasteiger partial charge on any atom is -0.482 e. The molecular weight excluding hydrogens is 502 g/mol. The highest BCUT2D eigenvalue weighted by Crippen LogP contribution is 2.25. The van der Waals surface area contributed by atoms with Crippen molar-refractivity contribution >= 4 is 39.2 Å². The van der Waals surface area contributed by atoms with Crippen LogP contribution in [-0.2, 0) is 33.9 Å². The first-order valence-corrected chi connectivity index (χ1v) is 13.1. The van der Waals surface area contributed by atoms with Crippen LogP contribution in [-0.4, -0.2) is 76.7 Å². The number of ether oxygens (including phenoxy) is 3. The zero-order valence-electron chi connectivity index (χ0n) is 21.2. The van der Waals surface area contributed by atoms with Gasteiger partial charge in [0.1, 0.15) is 5.75 Å². The van der Waals surface area contributed by atoms with Crippen LogP contribution in [0.3, 0.4) is 0 Å². The number of morpholine rings is 1. The Morgan fingerprint density at radius 2 is 1.59 bits per heavy atom. The maximum Gasteiger partial charge on any atom is 0.344 e. The van der Waals surface area contributed by atoms with Crippen LogP contribution in [0.4, 0.5) is 11.4 Å². The van der Waals surface area contributed by atoms with Crippen molar-refractivity contribution in [2.45, 2.75) is 37.9 Å². The third-order valence-corrected chi connectivity index (χ3v) is 7.32. The predicted octanol–water partition coefficient (Wildman–Crippen LogP) is 2.03. The topological polar surface area (TPSA) is 132 Å². The molecule has 2 atom stereocenters. The van der Waals surface area contributed by atoms with E-state index in [4.69, 9.17) is 14.2 Å². The number of amides is 2. The number of sulfonamides is 1. The van der Waals surface area contributed by atoms with Gasteiger partial charge in [-0.15, -0.1) is 0 Å². The number of carbonyl (C=O) groups is 3. The van der Waals surface area contributed by atoms with E-state index in [-0.39, 0.29) is 35.5 Å². The molecule has 3 rings (SSSR count). The summed E-state index contributed by atoms with van der Waals surface area (Å²) in [4.78, 5) is 37.1. The number of carbonyl (C=O) groups excluding carboxylic acids is 3. The summed E-state index contributed by atoms with van der Waals surface area (Å²) in [5.74, 6) is -0.926. The fourth-order valence-electron chi connectivity index (χ4n) is 3.76. The van der Waals surface area contributed by atoms with E-state index < -0.39 is 22.6 Å². The van der Waals surface area contributed by atoms with Gasteiger partial charge in [0.25, 0.3) is 15.9 Å². The summed E-state index contributed by atoms with van der Waals surface area (Å²) in [7, 11) is -2.43. The molecule has 1 fully saturated rings. The molecule has 1 aliphatic rings. The zero-order valence-corrected chi connectivity index (χ0v) is 22.0. The lowest BCUT2D eigenvalue weighted by Crippen LogP contribution is -2.49. The molecule has 1 aliphatic heterocycles. The van der Waals surface area contributed by atoms with E-state index in [1.165, 1.54) is 62.5 Å². The summed E-state index contributed by atoms with van der Waals surface area (Å²) >= 11 is 0. The fourth-order valence-corrected chi connectivity index (χ4v) is 4.96. The number of hydrogen-bond acceptors (Lipinski definition) is 8. The molecule has 2 aromatic carbocycles. The van der Waals surface area contributed by atoms with Crippen molar-refractivity contribution in [3.8, 4) is 5.75 Å². The predicted molar refractivity (Wildman–Crippen MR) is 136 cm³/mol. The van der Waals surface area contributed by atoms with Gasteiger partial charge in [-0.25, -0.2) is 13.2 Å². The van der Waals surface area contributed by atoms with E-state index in [9.17, 15) is 22.8 Å². The van der Waals surface area contributed by atoms with Gasteiger partial charge in [0.2, 0.25) is 5.91 Å². The van der Waals surface area contributed by atoms with Crippen LogP contribution in [0.2, 0.25) is 0 Å². The molecule has 1 saturated heterocycles. The van der Waals surface area contributed by atoms with Gasteiger partial charge in [0, 0.05) is 32.7 Å². The van der Waals surface area contributed by atoms with Crippen molar-refractivity contribution in [1.82, 2.24) is 4.90 Å². The van der Waals surface area contributed by atoms with Crippen molar-refractivity contribution in [1.29, 1.82) is 0 Å². The summed E-state index contributed by atoms with van der Waals surface area (Å²) in [6.07, 6.45) is -0.168. The van der Waals surface area contributed by atoms with Crippen LogP contribution in [0.5, 0.6) is 5.75 Å². The maximum atomic E-state index is 13.0. The van der Waals surface area contributed by atoms with E-state index in [1.807, 2.05) is 13.8 Å². The van der Waals surface area contributed by atoms with Crippen molar-refractivity contribution < 1.29 is 37.0 Å². The van der Waals surface area contributed by atoms with Gasteiger partial charge >= 0.3 is 5.97 Å². The van der Waals surface area contributed by atoms with Crippen molar-refractivity contribution in [3.05, 3.63) is 48.5 Å². The Balaban J connectivity index is 1.50. The molecule has 37 heavy (non-hydrogen) atoms. The molecule has 0 spiro atoms. The SMILES string of the molecule is CC(=O)Nc1ccc(S(=O)(=O)N(C)c2ccc(OCC(=O)OCC(=O)N3C[C@@H](C)O[C@H](C)C3)cc2)cc1. The quantitative estimate of drug-likeness (QED) is 0.485. The Labute approximate surface area is 216 Å². The van der Waals surface area contributed by atoms with Crippen LogP contribution in [0.25, 0.3) is 0 Å². The summed E-state index contributed by atoms with van der Waals surface area (Å²) < 4.78 is 43.0. The highest BCUT2D eigenvalue weighted by atomic mass is 32.2. The molecule has 12 heteroatoms. The Kier molecular flexibility index (Phi) is 9.11. The molecule has 0 bridgehead atoms. The van der Waals surface area contributed by atoms with Crippen LogP contribution in [0, 0.1) is 0 Å². The normalized spacial score (nSPS) is 17.6. The number of esters is 1. The highest BCUT2D eigenvalue weighted by Gasteiger charge is 2.26. The van der Waals surface area contributed by atoms with E-state index in [1.54, 1.807) is 4.90 Å². The number of hydrogen-bond donors (Lipinski definition) is 1. The third kappa shape index (κ3) is 7.67. The molecule has 0 unspecified atom stereocenters. The summed E-state index contributed by atoms with van der Waals surface area (Å²) in [6, 6.07) is 12.0. The van der Waals surface area contributed by atoms with Gasteiger partial charge in [-0.1, -0.05) is 0 Å². The molecule has 2 amide bonds. The molecule has 11 nitrogen and oxygen atoms in total. The van der Waals surface area contributed by atoms with E-state index in [2.05, 4.69) is 5.32 Å². The minimum absolute atomic E-state index is 0.0581. The van der Waals surface area contributed by atoms with Crippen molar-refractivity contribution in [3.63, 3.8) is 0 Å². The molecule has 2 aromatic rings. The van der Waals surface area contributed by atoms with Gasteiger partial charge in [0.15, 0.2) is 13.2 Å². The summed E-state index contributed by atoms with van der Waals surface area (Å²) in [6.45, 7) is 5.21. The number of benzene rings is 2. The second kappa shape index (κ2) is 12.1. The number of rotatable bonds is 9. The standard InChI is InChI=1S/C25H31N3O8S/c1-17-13-28(14-18(2)36-17)24(30)15-35-25(31)16-34-22-9-7-21(8-10-22)27(4)37(32,33)23-11-5-20(6-12-23)26-19(3)29/h5-12,17-18H,13-16H2,1-4H3,(H,26,29)/t17-,18-/m1/s1. The lowest BCUT2D eigenvalue weighted by Gasteiger charge is -2.35. The summed E-state index contributed by atoms with van der Waals surface area (Å²) in [5, 5.41) is 2.58. The van der Waals surface area contributed by atoms with Gasteiger partial charge in [-0.05, 0) is 62.4 Å². The molecule has 0 saturated carbocycles. The van der Waals surface area contributed by atoms with Crippen molar-refractivity contribution in [2.24, 2.45) is 0 Å². The van der Waals surface area contributed by atoms with Crippen LogP contribution < -0.4 is 14.4 Å². The molecule has 200 valence electrons. The molecule has 1 N–H and O–H groups in total. The molecule has 0 aliphatic carbocycles. The second-order valence-electron chi connectivity index (χ2n) is 8.68. The lowest BCUT2D eigenvalue weighted by atomic mass is 10.2. The largest absolute Gasteiger partial charge is 0.482 e. The first kappa shape index (κ1) is 27.9. The van der Waals surface area contributed by atoms with Crippen LogP contribution >= 0.6 is 0 Å². The average molecular weight is 534 g/mol. The monoisotopic (exact) mass is 533 g/mol. The van der Waals surface area contributed by atoms with Gasteiger partial charge in [0.05, 0.1) is 22.8 Å². The highest BCUT2D eigenvalue weighted by molar-refractivity contribution is 7.92. The van der Waals surface area contributed by atoms with E-state index in [0.717, 1.165) is 4.31 Å². The Morgan fingerprint density at radius 3 is 2.16 bits per heavy atom. The number of anilines is 2. The maximum absolute atomic E-state index is 13.0. The second-order valence-corrected chi connectivity index (χ2v) is 10.6. The number of nitrogens with zero attached hydrogens (tertiary/aromatic N) is 2. The Bertz CT molecular complexity index is 1210. The van der Waals surface area contributed by atoms with E-state index >= 15 is 0 Å². The molecule has 1 heterocycles. The smallest absolute Gasteiger partial charge is 0.344 e. The lowest BCUT2D eigenvalue weighted by molar-refractivity contribution is -0.158. The Hall–Kier alpha value is -3.64. The minimum atomic E-state index is -3.85. The fraction of sp³-hybridized carbons (Fsp3) is 0.400. The van der Waals surface area contributed by atoms with Gasteiger partial charge in [-0.3, -0.25) is 13.9 Å². The van der Waals surface area contributed by atoms with Gasteiger partial charge < -0.3 is 24.4 Å². The number of nitrogens with one attached hydrogen (secondary N) is 1. The van der Waals surface area contributed by atoms with Crippen LogP contribution in [0.15, 0.2) is 53.4 Å². The van der Waals surface area contributed by atoms with Crippen LogP contribution in [0.1, 0.15) is 20.8 Å². The average Bonchev–Trinajstić information content (AvgIpc) is 2.85. The molecular formula is C25H31N3O8S. The van der Waals surface area contributed by atoms with E-state index in [0.29, 0.717) is 30.2 Å². The first-order chi connectivity index (χ1) is 17.5. The molecule has 0 radical (unpaired) electrons. The Morgan fingerprint density at radius 1 is 1.00 bits per heavy atom. The zero-order chi connectivity index (χ0) is 27.2. The third-order valence-electron chi connectivity index (χ3n) is 5.52. The molecule has 0 aromatic heterocycles. The first-order valence-electron chi connectivity index (χ1n) is 11.6. The van der Waals surface area contributed by atoms with Crippen molar-refractivity contribution in [2.75, 3.05) is 43.0 Å².